The van der Waals surface area contributed by atoms with Crippen LogP contribution in [-0.4, -0.2) is 62.5 Å². The number of benzene rings is 2. The molecule has 7 nitrogen and oxygen atoms in total. The second-order valence-electron chi connectivity index (χ2n) is 8.72. The summed E-state index contributed by atoms with van der Waals surface area (Å²) in [5, 5.41) is 0.314. The number of carbonyl (C=O) groups excluding carboxylic acids is 3. The molecule has 1 atom stereocenters. The Bertz CT molecular complexity index is 1070. The van der Waals surface area contributed by atoms with Crippen molar-refractivity contribution < 1.29 is 19.1 Å². The Morgan fingerprint density at radius 2 is 1.67 bits per heavy atom. The normalized spacial score (nSPS) is 18.6. The standard InChI is InChI=1S/C25H28ClN3O4/c1-16-10-17(2)12-20(11-16)27-6-8-28(9-7-27)24(31)18-4-5-22(21(26)13-18)29-15-19(14-23(29)30)25(32)33-3/h4-5,10-13,19H,6-9,14-15H2,1-3H3. The maximum Gasteiger partial charge on any atom is 0.311 e. The van der Waals surface area contributed by atoms with Crippen LogP contribution in [-0.2, 0) is 14.3 Å². The zero-order valence-corrected chi connectivity index (χ0v) is 19.9. The van der Waals surface area contributed by atoms with E-state index in [-0.39, 0.29) is 24.8 Å². The number of anilines is 2. The van der Waals surface area contributed by atoms with Crippen molar-refractivity contribution in [2.75, 3.05) is 49.6 Å². The van der Waals surface area contributed by atoms with Gasteiger partial charge < -0.3 is 19.4 Å². The molecule has 174 valence electrons. The van der Waals surface area contributed by atoms with Gasteiger partial charge in [0.2, 0.25) is 5.91 Å². The number of hydrogen-bond acceptors (Lipinski definition) is 5. The van der Waals surface area contributed by atoms with Crippen molar-refractivity contribution >= 4 is 40.8 Å². The van der Waals surface area contributed by atoms with Gasteiger partial charge in [-0.1, -0.05) is 17.7 Å². The molecule has 0 aromatic heterocycles. The molecule has 2 aliphatic rings. The van der Waals surface area contributed by atoms with Gasteiger partial charge in [-0.3, -0.25) is 14.4 Å². The van der Waals surface area contributed by atoms with Gasteiger partial charge in [0.15, 0.2) is 0 Å². The fourth-order valence-electron chi connectivity index (χ4n) is 4.61. The number of aryl methyl sites for hydroxylation is 2. The average Bonchev–Trinajstić information content (AvgIpc) is 3.18. The number of esters is 1. The van der Waals surface area contributed by atoms with Crippen LogP contribution in [0.15, 0.2) is 36.4 Å². The van der Waals surface area contributed by atoms with Crippen LogP contribution < -0.4 is 9.80 Å². The lowest BCUT2D eigenvalue weighted by molar-refractivity contribution is -0.145. The topological polar surface area (TPSA) is 70.2 Å². The number of methoxy groups -OCH3 is 1. The maximum atomic E-state index is 13.1. The number of carbonyl (C=O) groups is 3. The molecule has 0 saturated carbocycles. The third-order valence-corrected chi connectivity index (χ3v) is 6.59. The Kier molecular flexibility index (Phi) is 6.61. The molecule has 0 N–H and O–H groups in total. The monoisotopic (exact) mass is 469 g/mol. The van der Waals surface area contributed by atoms with Gasteiger partial charge in [0, 0.05) is 50.4 Å². The number of ether oxygens (including phenoxy) is 1. The van der Waals surface area contributed by atoms with Crippen molar-refractivity contribution in [3.8, 4) is 0 Å². The van der Waals surface area contributed by atoms with Crippen LogP contribution in [0, 0.1) is 19.8 Å². The molecule has 33 heavy (non-hydrogen) atoms. The minimum atomic E-state index is -0.506. The van der Waals surface area contributed by atoms with Crippen LogP contribution in [0.4, 0.5) is 11.4 Å². The molecule has 2 heterocycles. The van der Waals surface area contributed by atoms with E-state index < -0.39 is 11.9 Å². The fraction of sp³-hybridized carbons (Fsp3) is 0.400. The van der Waals surface area contributed by atoms with Crippen LogP contribution in [0.1, 0.15) is 27.9 Å². The molecule has 0 bridgehead atoms. The number of piperazine rings is 1. The summed E-state index contributed by atoms with van der Waals surface area (Å²) in [5.74, 6) is -1.18. The summed E-state index contributed by atoms with van der Waals surface area (Å²) in [6.45, 7) is 7.17. The first-order chi connectivity index (χ1) is 15.8. The molecule has 2 saturated heterocycles. The second-order valence-corrected chi connectivity index (χ2v) is 9.13. The van der Waals surface area contributed by atoms with Gasteiger partial charge >= 0.3 is 5.97 Å². The highest BCUT2D eigenvalue weighted by Crippen LogP contribution is 2.33. The Labute approximate surface area is 198 Å². The Morgan fingerprint density at radius 1 is 1.00 bits per heavy atom. The van der Waals surface area contributed by atoms with Gasteiger partial charge in [0.1, 0.15) is 0 Å². The van der Waals surface area contributed by atoms with Gasteiger partial charge in [0.05, 0.1) is 23.7 Å². The molecule has 2 aliphatic heterocycles. The quantitative estimate of drug-likeness (QED) is 0.641. The molecule has 0 spiro atoms. The lowest BCUT2D eigenvalue weighted by Crippen LogP contribution is -2.48. The first kappa shape index (κ1) is 23.1. The van der Waals surface area contributed by atoms with Crippen molar-refractivity contribution in [2.24, 2.45) is 5.92 Å². The predicted molar refractivity (Wildman–Crippen MR) is 128 cm³/mol. The van der Waals surface area contributed by atoms with Crippen molar-refractivity contribution in [1.29, 1.82) is 0 Å². The van der Waals surface area contributed by atoms with Gasteiger partial charge in [-0.2, -0.15) is 0 Å². The highest BCUT2D eigenvalue weighted by molar-refractivity contribution is 6.34. The molecule has 0 aliphatic carbocycles. The van der Waals surface area contributed by atoms with E-state index in [0.717, 1.165) is 13.1 Å². The van der Waals surface area contributed by atoms with Gasteiger partial charge in [0.25, 0.3) is 5.91 Å². The van der Waals surface area contributed by atoms with Crippen LogP contribution >= 0.6 is 11.6 Å². The smallest absolute Gasteiger partial charge is 0.311 e. The molecule has 2 aromatic rings. The van der Waals surface area contributed by atoms with Crippen LogP contribution in [0.3, 0.4) is 0 Å². The van der Waals surface area contributed by atoms with E-state index in [0.29, 0.717) is 29.4 Å². The van der Waals surface area contributed by atoms with E-state index in [1.807, 2.05) is 4.90 Å². The number of nitrogens with zero attached hydrogens (tertiary/aromatic N) is 3. The molecular formula is C25H28ClN3O4. The lowest BCUT2D eigenvalue weighted by atomic mass is 10.1. The Hall–Kier alpha value is -3.06. The fourth-order valence-corrected chi connectivity index (χ4v) is 4.89. The van der Waals surface area contributed by atoms with Crippen LogP contribution in [0.5, 0.6) is 0 Å². The zero-order valence-electron chi connectivity index (χ0n) is 19.1. The molecule has 2 fully saturated rings. The molecule has 2 amide bonds. The molecular weight excluding hydrogens is 442 g/mol. The number of rotatable bonds is 4. The zero-order chi connectivity index (χ0) is 23.7. The largest absolute Gasteiger partial charge is 0.469 e. The Balaban J connectivity index is 1.42. The highest BCUT2D eigenvalue weighted by Gasteiger charge is 2.36. The third kappa shape index (κ3) is 4.83. The van der Waals surface area contributed by atoms with Crippen LogP contribution in [0.2, 0.25) is 5.02 Å². The first-order valence-electron chi connectivity index (χ1n) is 11.1. The van der Waals surface area contributed by atoms with E-state index >= 15 is 0 Å². The van der Waals surface area contributed by atoms with Crippen LogP contribution in [0.25, 0.3) is 0 Å². The SMILES string of the molecule is COC(=O)C1CC(=O)N(c2ccc(C(=O)N3CCN(c4cc(C)cc(C)c4)CC3)cc2Cl)C1. The van der Waals surface area contributed by atoms with E-state index in [1.54, 1.807) is 18.2 Å². The molecule has 8 heteroatoms. The first-order valence-corrected chi connectivity index (χ1v) is 11.4. The summed E-state index contributed by atoms with van der Waals surface area (Å²) < 4.78 is 4.76. The van der Waals surface area contributed by atoms with Gasteiger partial charge in [-0.15, -0.1) is 0 Å². The molecule has 4 rings (SSSR count). The second kappa shape index (κ2) is 9.43. The molecule has 1 unspecified atom stereocenters. The van der Waals surface area contributed by atoms with E-state index in [2.05, 4.69) is 36.9 Å². The maximum absolute atomic E-state index is 13.1. The van der Waals surface area contributed by atoms with Gasteiger partial charge in [-0.25, -0.2) is 0 Å². The minimum absolute atomic E-state index is 0.0799. The average molecular weight is 470 g/mol. The summed E-state index contributed by atoms with van der Waals surface area (Å²) in [4.78, 5) is 42.9. The van der Waals surface area contributed by atoms with Crippen molar-refractivity contribution in [3.05, 3.63) is 58.1 Å². The van der Waals surface area contributed by atoms with Crippen molar-refractivity contribution in [2.45, 2.75) is 20.3 Å². The van der Waals surface area contributed by atoms with Crippen molar-refractivity contribution in [1.82, 2.24) is 4.90 Å². The molecule has 0 radical (unpaired) electrons. The number of amides is 2. The van der Waals surface area contributed by atoms with E-state index in [4.69, 9.17) is 16.3 Å². The molecule has 2 aromatic carbocycles. The summed E-state index contributed by atoms with van der Waals surface area (Å²) in [5.41, 5.74) is 4.64. The Morgan fingerprint density at radius 3 is 2.27 bits per heavy atom. The highest BCUT2D eigenvalue weighted by atomic mass is 35.5. The summed E-state index contributed by atoms with van der Waals surface area (Å²) in [6.07, 6.45) is 0.0917. The number of hydrogen-bond donors (Lipinski definition) is 0. The third-order valence-electron chi connectivity index (χ3n) is 6.28. The van der Waals surface area contributed by atoms with Crippen molar-refractivity contribution in [3.63, 3.8) is 0 Å². The number of halogens is 1. The van der Waals surface area contributed by atoms with E-state index in [1.165, 1.54) is 28.8 Å². The summed E-state index contributed by atoms with van der Waals surface area (Å²) >= 11 is 6.46. The lowest BCUT2D eigenvalue weighted by Gasteiger charge is -2.36. The summed E-state index contributed by atoms with van der Waals surface area (Å²) in [6, 6.07) is 11.5. The van der Waals surface area contributed by atoms with E-state index in [9.17, 15) is 14.4 Å². The summed E-state index contributed by atoms with van der Waals surface area (Å²) in [7, 11) is 1.31. The van der Waals surface area contributed by atoms with Gasteiger partial charge in [-0.05, 0) is 55.3 Å². The predicted octanol–water partition coefficient (Wildman–Crippen LogP) is 3.45. The minimum Gasteiger partial charge on any atom is -0.469 e.